The largest absolute Gasteiger partial charge is 0.451 e. The minimum absolute atomic E-state index is 0.209. The summed E-state index contributed by atoms with van der Waals surface area (Å²) in [4.78, 5) is 12.6. The molecule has 122 valence electrons. The standard InChI is InChI=1S/C20H25NO2/c1-4-15(2)18(21-3)20(22)23-19(16-11-7-5-8-12-16)17-13-9-6-10-14-17/h5-15,18-19,21H,4H2,1-3H3/t15-,18-/m0/s1. The Morgan fingerprint density at radius 3 is 1.87 bits per heavy atom. The van der Waals surface area contributed by atoms with E-state index in [0.29, 0.717) is 0 Å². The second kappa shape index (κ2) is 8.49. The molecule has 2 rings (SSSR count). The molecule has 2 atom stereocenters. The van der Waals surface area contributed by atoms with Crippen molar-refractivity contribution in [1.29, 1.82) is 0 Å². The van der Waals surface area contributed by atoms with Crippen molar-refractivity contribution < 1.29 is 9.53 Å². The summed E-state index contributed by atoms with van der Waals surface area (Å²) in [6.07, 6.45) is 0.534. The Morgan fingerprint density at radius 2 is 1.48 bits per heavy atom. The quantitative estimate of drug-likeness (QED) is 0.787. The van der Waals surface area contributed by atoms with Gasteiger partial charge in [0.15, 0.2) is 6.10 Å². The van der Waals surface area contributed by atoms with Gasteiger partial charge in [-0.05, 0) is 24.1 Å². The molecule has 0 aliphatic carbocycles. The summed E-state index contributed by atoms with van der Waals surface area (Å²) in [7, 11) is 1.80. The maximum atomic E-state index is 12.6. The number of ether oxygens (including phenoxy) is 1. The molecule has 0 spiro atoms. The fourth-order valence-corrected chi connectivity index (χ4v) is 2.64. The minimum Gasteiger partial charge on any atom is -0.451 e. The van der Waals surface area contributed by atoms with Crippen LogP contribution in [-0.2, 0) is 9.53 Å². The van der Waals surface area contributed by atoms with Gasteiger partial charge in [0.05, 0.1) is 0 Å². The first-order chi connectivity index (χ1) is 11.2. The number of hydrogen-bond donors (Lipinski definition) is 1. The molecule has 0 aromatic heterocycles. The molecule has 2 aromatic rings. The maximum absolute atomic E-state index is 12.6. The maximum Gasteiger partial charge on any atom is 0.324 e. The Bertz CT molecular complexity index is 558. The summed E-state index contributed by atoms with van der Waals surface area (Å²) >= 11 is 0. The van der Waals surface area contributed by atoms with E-state index in [1.807, 2.05) is 60.7 Å². The van der Waals surface area contributed by atoms with Crippen LogP contribution in [0, 0.1) is 5.92 Å². The highest BCUT2D eigenvalue weighted by atomic mass is 16.5. The van der Waals surface area contributed by atoms with Gasteiger partial charge in [-0.2, -0.15) is 0 Å². The fourth-order valence-electron chi connectivity index (χ4n) is 2.64. The molecule has 0 aliphatic heterocycles. The number of esters is 1. The highest BCUT2D eigenvalue weighted by molar-refractivity contribution is 5.76. The number of hydrogen-bond acceptors (Lipinski definition) is 3. The van der Waals surface area contributed by atoms with Gasteiger partial charge in [-0.3, -0.25) is 4.79 Å². The van der Waals surface area contributed by atoms with Crippen LogP contribution in [0.1, 0.15) is 37.5 Å². The molecule has 0 heterocycles. The van der Waals surface area contributed by atoms with E-state index >= 15 is 0 Å². The first-order valence-corrected chi connectivity index (χ1v) is 8.15. The molecule has 0 radical (unpaired) electrons. The Morgan fingerprint density at radius 1 is 1.00 bits per heavy atom. The molecule has 0 unspecified atom stereocenters. The van der Waals surface area contributed by atoms with Crippen LogP contribution in [0.5, 0.6) is 0 Å². The number of likely N-dealkylation sites (N-methyl/N-ethyl adjacent to an activating group) is 1. The predicted molar refractivity (Wildman–Crippen MR) is 93.1 cm³/mol. The Labute approximate surface area is 138 Å². The molecule has 0 aliphatic rings. The van der Waals surface area contributed by atoms with Crippen LogP contribution in [0.4, 0.5) is 0 Å². The average Bonchev–Trinajstić information content (AvgIpc) is 2.61. The van der Waals surface area contributed by atoms with Crippen molar-refractivity contribution >= 4 is 5.97 Å². The van der Waals surface area contributed by atoms with Gasteiger partial charge in [0.25, 0.3) is 0 Å². The van der Waals surface area contributed by atoms with Crippen molar-refractivity contribution in [2.75, 3.05) is 7.05 Å². The van der Waals surface area contributed by atoms with Gasteiger partial charge in [0, 0.05) is 0 Å². The van der Waals surface area contributed by atoms with E-state index in [2.05, 4.69) is 19.2 Å². The van der Waals surface area contributed by atoms with Crippen LogP contribution in [0.3, 0.4) is 0 Å². The van der Waals surface area contributed by atoms with Crippen LogP contribution in [0.25, 0.3) is 0 Å². The first kappa shape index (κ1) is 17.2. The number of nitrogens with one attached hydrogen (secondary N) is 1. The molecule has 3 nitrogen and oxygen atoms in total. The van der Waals surface area contributed by atoms with Crippen molar-refractivity contribution in [1.82, 2.24) is 5.32 Å². The van der Waals surface area contributed by atoms with E-state index in [0.717, 1.165) is 17.5 Å². The van der Waals surface area contributed by atoms with Crippen LogP contribution >= 0.6 is 0 Å². The summed E-state index contributed by atoms with van der Waals surface area (Å²) in [5.74, 6) is 0.0132. The van der Waals surface area contributed by atoms with Crippen LogP contribution in [0.15, 0.2) is 60.7 Å². The SMILES string of the molecule is CC[C@H](C)[C@H](NC)C(=O)OC(c1ccccc1)c1ccccc1. The van der Waals surface area contributed by atoms with E-state index in [9.17, 15) is 4.79 Å². The second-order valence-electron chi connectivity index (χ2n) is 5.79. The van der Waals surface area contributed by atoms with Gasteiger partial charge in [-0.25, -0.2) is 0 Å². The summed E-state index contributed by atoms with van der Waals surface area (Å²) in [5.41, 5.74) is 1.96. The monoisotopic (exact) mass is 311 g/mol. The predicted octanol–water partition coefficient (Wildman–Crippen LogP) is 3.95. The van der Waals surface area contributed by atoms with Gasteiger partial charge in [-0.1, -0.05) is 80.9 Å². The molecule has 0 amide bonds. The van der Waals surface area contributed by atoms with Crippen molar-refractivity contribution in [3.63, 3.8) is 0 Å². The van der Waals surface area contributed by atoms with Gasteiger partial charge in [0.2, 0.25) is 0 Å². The molecule has 1 N–H and O–H groups in total. The molecular weight excluding hydrogens is 286 g/mol. The lowest BCUT2D eigenvalue weighted by molar-refractivity contribution is -0.151. The molecule has 3 heteroatoms. The lowest BCUT2D eigenvalue weighted by atomic mass is 9.98. The summed E-state index contributed by atoms with van der Waals surface area (Å²) < 4.78 is 5.90. The third kappa shape index (κ3) is 4.42. The third-order valence-electron chi connectivity index (χ3n) is 4.22. The van der Waals surface area contributed by atoms with Gasteiger partial charge in [0.1, 0.15) is 6.04 Å². The Kier molecular flexibility index (Phi) is 6.36. The number of benzene rings is 2. The average molecular weight is 311 g/mol. The smallest absolute Gasteiger partial charge is 0.324 e. The molecule has 0 fully saturated rings. The van der Waals surface area contributed by atoms with E-state index < -0.39 is 0 Å². The summed E-state index contributed by atoms with van der Waals surface area (Å²) in [5, 5.41) is 3.09. The van der Waals surface area contributed by atoms with Gasteiger partial charge in [-0.15, -0.1) is 0 Å². The first-order valence-electron chi connectivity index (χ1n) is 8.15. The van der Waals surface area contributed by atoms with E-state index in [1.165, 1.54) is 0 Å². The minimum atomic E-state index is -0.384. The lowest BCUT2D eigenvalue weighted by Gasteiger charge is -2.25. The lowest BCUT2D eigenvalue weighted by Crippen LogP contribution is -2.41. The van der Waals surface area contributed by atoms with Crippen molar-refractivity contribution in [3.8, 4) is 0 Å². The van der Waals surface area contributed by atoms with Crippen LogP contribution in [0.2, 0.25) is 0 Å². The van der Waals surface area contributed by atoms with Gasteiger partial charge >= 0.3 is 5.97 Å². The van der Waals surface area contributed by atoms with Crippen molar-refractivity contribution in [2.45, 2.75) is 32.4 Å². The zero-order valence-electron chi connectivity index (χ0n) is 14.0. The number of carbonyl (C=O) groups is 1. The van der Waals surface area contributed by atoms with Crippen LogP contribution < -0.4 is 5.32 Å². The molecule has 0 bridgehead atoms. The summed E-state index contributed by atoms with van der Waals surface area (Å²) in [6.45, 7) is 4.14. The topological polar surface area (TPSA) is 38.3 Å². The zero-order valence-corrected chi connectivity index (χ0v) is 14.0. The molecule has 0 saturated heterocycles. The third-order valence-corrected chi connectivity index (χ3v) is 4.22. The van der Waals surface area contributed by atoms with Crippen molar-refractivity contribution in [2.24, 2.45) is 5.92 Å². The highest BCUT2D eigenvalue weighted by Gasteiger charge is 2.27. The normalized spacial score (nSPS) is 13.6. The number of carbonyl (C=O) groups excluding carboxylic acids is 1. The molecular formula is C20H25NO2. The Balaban J connectivity index is 2.27. The van der Waals surface area contributed by atoms with Crippen molar-refractivity contribution in [3.05, 3.63) is 71.8 Å². The van der Waals surface area contributed by atoms with Gasteiger partial charge < -0.3 is 10.1 Å². The van der Waals surface area contributed by atoms with E-state index in [-0.39, 0.29) is 24.0 Å². The summed E-state index contributed by atoms with van der Waals surface area (Å²) in [6, 6.07) is 19.4. The van der Waals surface area contributed by atoms with E-state index in [4.69, 9.17) is 4.74 Å². The van der Waals surface area contributed by atoms with E-state index in [1.54, 1.807) is 7.05 Å². The van der Waals surface area contributed by atoms with Crippen LogP contribution in [-0.4, -0.2) is 19.1 Å². The Hall–Kier alpha value is -2.13. The number of rotatable bonds is 7. The fraction of sp³-hybridized carbons (Fsp3) is 0.350. The highest BCUT2D eigenvalue weighted by Crippen LogP contribution is 2.27. The molecule has 0 saturated carbocycles. The second-order valence-corrected chi connectivity index (χ2v) is 5.79. The zero-order chi connectivity index (χ0) is 16.7. The molecule has 2 aromatic carbocycles. The molecule has 23 heavy (non-hydrogen) atoms.